The Morgan fingerprint density at radius 3 is 2.58 bits per heavy atom. The van der Waals surface area contributed by atoms with Crippen molar-refractivity contribution >= 4 is 29.9 Å². The Morgan fingerprint density at radius 1 is 1.19 bits per heavy atom. The molecule has 7 nitrogen and oxygen atoms in total. The van der Waals surface area contributed by atoms with Gasteiger partial charge in [0.2, 0.25) is 0 Å². The predicted octanol–water partition coefficient (Wildman–Crippen LogP) is 2.34. The number of benzene rings is 1. The number of aliphatic hydroxyl groups is 1. The number of halogens is 1. The molecule has 1 atom stereocenters. The van der Waals surface area contributed by atoms with Crippen LogP contribution in [0.4, 0.5) is 0 Å². The summed E-state index contributed by atoms with van der Waals surface area (Å²) < 4.78 is 15.8. The summed E-state index contributed by atoms with van der Waals surface area (Å²) in [6.45, 7) is 7.13. The van der Waals surface area contributed by atoms with Crippen LogP contribution < -0.4 is 20.1 Å². The molecule has 0 aromatic heterocycles. The van der Waals surface area contributed by atoms with E-state index in [9.17, 15) is 5.11 Å². The van der Waals surface area contributed by atoms with E-state index in [1.807, 2.05) is 13.8 Å². The van der Waals surface area contributed by atoms with E-state index in [2.05, 4.69) is 15.6 Å². The quantitative estimate of drug-likeness (QED) is 0.195. The van der Waals surface area contributed by atoms with Gasteiger partial charge >= 0.3 is 0 Å². The van der Waals surface area contributed by atoms with Crippen LogP contribution >= 0.6 is 24.0 Å². The maximum absolute atomic E-state index is 10.5. The van der Waals surface area contributed by atoms with E-state index in [-0.39, 0.29) is 30.5 Å². The first-order valence-corrected chi connectivity index (χ1v) is 8.66. The van der Waals surface area contributed by atoms with E-state index >= 15 is 0 Å². The maximum atomic E-state index is 10.5. The topological polar surface area (TPSA) is 84.3 Å². The molecule has 1 aromatic rings. The van der Waals surface area contributed by atoms with Crippen LogP contribution in [0.5, 0.6) is 11.5 Å². The van der Waals surface area contributed by atoms with Gasteiger partial charge in [0, 0.05) is 31.9 Å². The van der Waals surface area contributed by atoms with Gasteiger partial charge < -0.3 is 30.0 Å². The van der Waals surface area contributed by atoms with Crippen molar-refractivity contribution in [2.45, 2.75) is 26.4 Å². The second kappa shape index (κ2) is 14.9. The molecule has 0 aliphatic heterocycles. The van der Waals surface area contributed by atoms with Gasteiger partial charge in [-0.25, -0.2) is 0 Å². The first kappa shape index (κ1) is 24.7. The van der Waals surface area contributed by atoms with E-state index < -0.39 is 6.10 Å². The van der Waals surface area contributed by atoms with Crippen molar-refractivity contribution in [3.63, 3.8) is 0 Å². The Bertz CT molecular complexity index is 529. The average molecular weight is 481 g/mol. The van der Waals surface area contributed by atoms with Crippen molar-refractivity contribution < 1.29 is 19.3 Å². The molecular formula is C18H32IN3O4. The number of aliphatic hydroxyl groups excluding tert-OH is 1. The number of ether oxygens (including phenoxy) is 3. The number of aliphatic imine (C=N–C) groups is 1. The zero-order chi connectivity index (χ0) is 18.5. The number of rotatable bonds is 11. The van der Waals surface area contributed by atoms with E-state index in [1.54, 1.807) is 32.4 Å². The van der Waals surface area contributed by atoms with Crippen LogP contribution in [0.25, 0.3) is 0 Å². The van der Waals surface area contributed by atoms with Gasteiger partial charge in [-0.2, -0.15) is 0 Å². The minimum absolute atomic E-state index is 0. The second-order valence-corrected chi connectivity index (χ2v) is 5.32. The van der Waals surface area contributed by atoms with Crippen LogP contribution in [0.15, 0.2) is 23.2 Å². The monoisotopic (exact) mass is 481 g/mol. The van der Waals surface area contributed by atoms with Gasteiger partial charge in [0.05, 0.1) is 20.8 Å². The number of nitrogens with zero attached hydrogens (tertiary/aromatic N) is 1. The van der Waals surface area contributed by atoms with E-state index in [4.69, 9.17) is 14.2 Å². The zero-order valence-corrected chi connectivity index (χ0v) is 18.4. The standard InChI is InChI=1S/C18H31N3O4.HI/c1-5-19-18(20-10-7-11-25-6-2)21-13-16(22)15-12-14(23-3)8-9-17(15)24-4;/h8-9,12,16,22H,5-7,10-11,13H2,1-4H3,(H2,19,20,21);1H. The third-order valence-electron chi connectivity index (χ3n) is 3.52. The van der Waals surface area contributed by atoms with Crippen molar-refractivity contribution in [3.05, 3.63) is 23.8 Å². The zero-order valence-electron chi connectivity index (χ0n) is 16.1. The summed E-state index contributed by atoms with van der Waals surface area (Å²) in [5, 5.41) is 16.9. The molecule has 150 valence electrons. The highest BCUT2D eigenvalue weighted by Crippen LogP contribution is 2.29. The Balaban J connectivity index is 0.00000625. The lowest BCUT2D eigenvalue weighted by Crippen LogP contribution is -2.38. The SMILES string of the molecule is CCNC(=NCC(O)c1cc(OC)ccc1OC)NCCCOCC.I. The van der Waals surface area contributed by atoms with Crippen LogP contribution in [0, 0.1) is 0 Å². The smallest absolute Gasteiger partial charge is 0.191 e. The molecule has 0 heterocycles. The minimum atomic E-state index is -0.788. The van der Waals surface area contributed by atoms with Gasteiger partial charge in [-0.3, -0.25) is 4.99 Å². The van der Waals surface area contributed by atoms with Gasteiger partial charge in [0.1, 0.15) is 17.6 Å². The molecule has 0 spiro atoms. The summed E-state index contributed by atoms with van der Waals surface area (Å²) in [4.78, 5) is 4.45. The minimum Gasteiger partial charge on any atom is -0.497 e. The summed E-state index contributed by atoms with van der Waals surface area (Å²) in [6, 6.07) is 5.34. The van der Waals surface area contributed by atoms with Crippen molar-refractivity contribution in [1.29, 1.82) is 0 Å². The molecule has 3 N–H and O–H groups in total. The largest absolute Gasteiger partial charge is 0.497 e. The fraction of sp³-hybridized carbons (Fsp3) is 0.611. The van der Waals surface area contributed by atoms with Crippen molar-refractivity contribution in [3.8, 4) is 11.5 Å². The molecule has 0 amide bonds. The summed E-state index contributed by atoms with van der Waals surface area (Å²) in [5.41, 5.74) is 0.651. The molecular weight excluding hydrogens is 449 g/mol. The van der Waals surface area contributed by atoms with Crippen LogP contribution in [0.2, 0.25) is 0 Å². The van der Waals surface area contributed by atoms with E-state index in [0.717, 1.165) is 26.1 Å². The number of guanidine groups is 1. The number of hydrogen-bond donors (Lipinski definition) is 3. The summed E-state index contributed by atoms with van der Waals surface area (Å²) in [7, 11) is 3.16. The Morgan fingerprint density at radius 2 is 1.96 bits per heavy atom. The molecule has 0 saturated heterocycles. The molecule has 0 fully saturated rings. The average Bonchev–Trinajstić information content (AvgIpc) is 2.64. The van der Waals surface area contributed by atoms with Crippen LogP contribution in [0.3, 0.4) is 0 Å². The van der Waals surface area contributed by atoms with Crippen LogP contribution in [-0.4, -0.2) is 58.1 Å². The fourth-order valence-corrected chi connectivity index (χ4v) is 2.24. The number of hydrogen-bond acceptors (Lipinski definition) is 5. The molecule has 1 rings (SSSR count). The fourth-order valence-electron chi connectivity index (χ4n) is 2.24. The molecule has 0 saturated carbocycles. The third-order valence-corrected chi connectivity index (χ3v) is 3.52. The summed E-state index contributed by atoms with van der Waals surface area (Å²) in [5.74, 6) is 1.94. The first-order valence-electron chi connectivity index (χ1n) is 8.66. The Hall–Kier alpha value is -1.26. The highest BCUT2D eigenvalue weighted by Gasteiger charge is 2.14. The lowest BCUT2D eigenvalue weighted by Gasteiger charge is -2.16. The van der Waals surface area contributed by atoms with Crippen LogP contribution in [-0.2, 0) is 4.74 Å². The van der Waals surface area contributed by atoms with Gasteiger partial charge in [0.15, 0.2) is 5.96 Å². The normalized spacial score (nSPS) is 12.1. The van der Waals surface area contributed by atoms with Gasteiger partial charge in [-0.1, -0.05) is 0 Å². The lowest BCUT2D eigenvalue weighted by molar-refractivity contribution is 0.145. The van der Waals surface area contributed by atoms with Gasteiger partial charge in [-0.15, -0.1) is 24.0 Å². The molecule has 0 aliphatic carbocycles. The van der Waals surface area contributed by atoms with Crippen LogP contribution in [0.1, 0.15) is 31.9 Å². The van der Waals surface area contributed by atoms with E-state index in [1.165, 1.54) is 0 Å². The second-order valence-electron chi connectivity index (χ2n) is 5.32. The third kappa shape index (κ3) is 8.91. The molecule has 0 radical (unpaired) electrons. The molecule has 1 unspecified atom stereocenters. The molecule has 0 bridgehead atoms. The summed E-state index contributed by atoms with van der Waals surface area (Å²) in [6.07, 6.45) is 0.105. The molecule has 1 aromatic carbocycles. The van der Waals surface area contributed by atoms with Crippen molar-refractivity contribution in [2.75, 3.05) is 47.1 Å². The number of nitrogens with one attached hydrogen (secondary N) is 2. The van der Waals surface area contributed by atoms with Gasteiger partial charge in [0.25, 0.3) is 0 Å². The van der Waals surface area contributed by atoms with Gasteiger partial charge in [-0.05, 0) is 38.5 Å². The Labute approximate surface area is 173 Å². The lowest BCUT2D eigenvalue weighted by atomic mass is 10.1. The van der Waals surface area contributed by atoms with Crippen molar-refractivity contribution in [1.82, 2.24) is 10.6 Å². The predicted molar refractivity (Wildman–Crippen MR) is 115 cm³/mol. The Kier molecular flexibility index (Phi) is 14.1. The number of methoxy groups -OCH3 is 2. The highest BCUT2D eigenvalue weighted by molar-refractivity contribution is 14.0. The molecule has 8 heteroatoms. The van der Waals surface area contributed by atoms with Crippen molar-refractivity contribution in [2.24, 2.45) is 4.99 Å². The first-order chi connectivity index (χ1) is 12.2. The highest BCUT2D eigenvalue weighted by atomic mass is 127. The molecule has 26 heavy (non-hydrogen) atoms. The maximum Gasteiger partial charge on any atom is 0.191 e. The summed E-state index contributed by atoms with van der Waals surface area (Å²) >= 11 is 0. The van der Waals surface area contributed by atoms with E-state index in [0.29, 0.717) is 29.6 Å². The molecule has 0 aliphatic rings.